The Balaban J connectivity index is 2.12. The van der Waals surface area contributed by atoms with Crippen LogP contribution in [0.5, 0.6) is 5.75 Å². The van der Waals surface area contributed by atoms with E-state index in [-0.39, 0.29) is 18.1 Å². The summed E-state index contributed by atoms with van der Waals surface area (Å²) in [7, 11) is 1.46. The lowest BCUT2D eigenvalue weighted by Gasteiger charge is -2.08. The minimum absolute atomic E-state index is 0.123. The van der Waals surface area contributed by atoms with Gasteiger partial charge < -0.3 is 19.2 Å². The number of carbonyl (C=O) groups is 3. The van der Waals surface area contributed by atoms with Crippen LogP contribution in [0.4, 0.5) is 0 Å². The van der Waals surface area contributed by atoms with Crippen LogP contribution in [0.15, 0.2) is 24.3 Å². The van der Waals surface area contributed by atoms with Crippen LogP contribution in [0.1, 0.15) is 49.4 Å². The number of aryl methyl sites for hydroxylation is 1. The molecule has 0 aliphatic heterocycles. The first-order valence-corrected chi connectivity index (χ1v) is 8.10. The molecular weight excluding hydrogens is 338 g/mol. The maximum atomic E-state index is 12.3. The fourth-order valence-corrected chi connectivity index (χ4v) is 2.62. The molecule has 1 aromatic heterocycles. The van der Waals surface area contributed by atoms with Gasteiger partial charge in [-0.1, -0.05) is 12.1 Å². The Morgan fingerprint density at radius 1 is 1.04 bits per heavy atom. The smallest absolute Gasteiger partial charge is 0.355 e. The lowest BCUT2D eigenvalue weighted by atomic mass is 10.1. The summed E-state index contributed by atoms with van der Waals surface area (Å²) in [4.78, 5) is 39.4. The number of ketones is 1. The lowest BCUT2D eigenvalue weighted by Crippen LogP contribution is -2.16. The molecule has 0 saturated carbocycles. The van der Waals surface area contributed by atoms with Crippen molar-refractivity contribution in [3.8, 4) is 5.75 Å². The van der Waals surface area contributed by atoms with Gasteiger partial charge in [0.15, 0.2) is 6.61 Å². The highest BCUT2D eigenvalue weighted by molar-refractivity contribution is 6.02. The average Bonchev–Trinajstić information content (AvgIpc) is 2.93. The van der Waals surface area contributed by atoms with Crippen LogP contribution >= 0.6 is 0 Å². The van der Waals surface area contributed by atoms with Crippen molar-refractivity contribution < 1.29 is 28.6 Å². The van der Waals surface area contributed by atoms with Crippen LogP contribution < -0.4 is 4.74 Å². The third-order valence-corrected chi connectivity index (χ3v) is 3.86. The molecule has 7 nitrogen and oxygen atoms in total. The highest BCUT2D eigenvalue weighted by Crippen LogP contribution is 2.21. The van der Waals surface area contributed by atoms with Crippen LogP contribution in [0.25, 0.3) is 0 Å². The van der Waals surface area contributed by atoms with Gasteiger partial charge in [0, 0.05) is 5.69 Å². The van der Waals surface area contributed by atoms with Gasteiger partial charge in [-0.15, -0.1) is 0 Å². The molecule has 0 aliphatic rings. The van der Waals surface area contributed by atoms with Gasteiger partial charge in [-0.2, -0.15) is 0 Å². The van der Waals surface area contributed by atoms with Crippen molar-refractivity contribution in [3.05, 3.63) is 52.3 Å². The molecule has 26 heavy (non-hydrogen) atoms. The highest BCUT2D eigenvalue weighted by atomic mass is 16.5. The maximum Gasteiger partial charge on any atom is 0.355 e. The Kier molecular flexibility index (Phi) is 6.16. The molecule has 0 aliphatic carbocycles. The van der Waals surface area contributed by atoms with Gasteiger partial charge in [0.05, 0.1) is 24.8 Å². The molecule has 0 spiro atoms. The number of methoxy groups -OCH3 is 1. The van der Waals surface area contributed by atoms with Crippen LogP contribution in [0.2, 0.25) is 0 Å². The van der Waals surface area contributed by atoms with Crippen LogP contribution in [-0.4, -0.2) is 43.0 Å². The lowest BCUT2D eigenvalue weighted by molar-refractivity contribution is 0.0468. The number of benzene rings is 1. The van der Waals surface area contributed by atoms with Gasteiger partial charge in [0.25, 0.3) is 0 Å². The molecule has 2 rings (SSSR count). The summed E-state index contributed by atoms with van der Waals surface area (Å²) in [6, 6.07) is 6.68. The van der Waals surface area contributed by atoms with Crippen molar-refractivity contribution in [1.29, 1.82) is 0 Å². The molecule has 1 heterocycles. The molecule has 0 bridgehead atoms. The number of carbonyl (C=O) groups excluding carboxylic acids is 3. The number of aromatic amines is 1. The number of nitrogens with one attached hydrogen (secondary N) is 1. The minimum atomic E-state index is -0.718. The molecule has 0 amide bonds. The van der Waals surface area contributed by atoms with E-state index in [9.17, 15) is 14.4 Å². The van der Waals surface area contributed by atoms with Crippen molar-refractivity contribution in [2.75, 3.05) is 20.3 Å². The predicted molar refractivity (Wildman–Crippen MR) is 93.8 cm³/mol. The summed E-state index contributed by atoms with van der Waals surface area (Å²) in [6.07, 6.45) is 0. The van der Waals surface area contributed by atoms with Gasteiger partial charge >= 0.3 is 11.9 Å². The summed E-state index contributed by atoms with van der Waals surface area (Å²) < 4.78 is 15.2. The van der Waals surface area contributed by atoms with Crippen molar-refractivity contribution in [1.82, 2.24) is 4.98 Å². The number of hydrogen-bond acceptors (Lipinski definition) is 6. The second-order valence-corrected chi connectivity index (χ2v) is 5.55. The van der Waals surface area contributed by atoms with Gasteiger partial charge in [0.2, 0.25) is 5.78 Å². The standard InChI is InChI=1S/C19H21NO6/c1-5-25-18(22)16-11(2)17(20-12(16)3)19(23)26-10-14(21)13-8-6-7-9-15(13)24-4/h6-9,20H,5,10H2,1-4H3. The Hall–Kier alpha value is -3.09. The summed E-state index contributed by atoms with van der Waals surface area (Å²) in [5.41, 5.74) is 1.68. The average molecular weight is 359 g/mol. The number of rotatable bonds is 7. The molecule has 2 aromatic rings. The first-order chi connectivity index (χ1) is 12.4. The fourth-order valence-electron chi connectivity index (χ4n) is 2.62. The van der Waals surface area contributed by atoms with E-state index >= 15 is 0 Å². The van der Waals surface area contributed by atoms with E-state index in [0.717, 1.165) is 0 Å². The van der Waals surface area contributed by atoms with Crippen LogP contribution in [0.3, 0.4) is 0 Å². The number of esters is 2. The van der Waals surface area contributed by atoms with E-state index < -0.39 is 18.5 Å². The summed E-state index contributed by atoms with van der Waals surface area (Å²) in [5, 5.41) is 0. The van der Waals surface area contributed by atoms with E-state index in [0.29, 0.717) is 28.1 Å². The zero-order valence-electron chi connectivity index (χ0n) is 15.2. The Morgan fingerprint density at radius 2 is 1.73 bits per heavy atom. The summed E-state index contributed by atoms with van der Waals surface area (Å²) in [5.74, 6) is -1.21. The number of ether oxygens (including phenoxy) is 3. The van der Waals surface area contributed by atoms with Crippen molar-refractivity contribution in [3.63, 3.8) is 0 Å². The normalized spacial score (nSPS) is 10.3. The van der Waals surface area contributed by atoms with Gasteiger partial charge in [-0.25, -0.2) is 9.59 Å². The zero-order chi connectivity index (χ0) is 19.3. The minimum Gasteiger partial charge on any atom is -0.496 e. The molecule has 0 atom stereocenters. The third-order valence-electron chi connectivity index (χ3n) is 3.86. The predicted octanol–water partition coefficient (Wildman–Crippen LogP) is 2.86. The monoisotopic (exact) mass is 359 g/mol. The number of Topliss-reactive ketones (excluding diaryl/α,β-unsaturated/α-hetero) is 1. The largest absolute Gasteiger partial charge is 0.496 e. The van der Waals surface area contributed by atoms with E-state index in [2.05, 4.69) is 4.98 Å². The Bertz CT molecular complexity index is 837. The van der Waals surface area contributed by atoms with E-state index in [1.54, 1.807) is 45.0 Å². The third kappa shape index (κ3) is 3.93. The quantitative estimate of drug-likeness (QED) is 0.603. The van der Waals surface area contributed by atoms with Gasteiger partial charge in [-0.05, 0) is 38.5 Å². The maximum absolute atomic E-state index is 12.3. The van der Waals surface area contributed by atoms with E-state index in [1.807, 2.05) is 0 Å². The second kappa shape index (κ2) is 8.33. The number of H-pyrrole nitrogens is 1. The molecule has 7 heteroatoms. The summed E-state index contributed by atoms with van der Waals surface area (Å²) >= 11 is 0. The van der Waals surface area contributed by atoms with Crippen LogP contribution in [0, 0.1) is 13.8 Å². The first-order valence-electron chi connectivity index (χ1n) is 8.10. The number of hydrogen-bond donors (Lipinski definition) is 1. The topological polar surface area (TPSA) is 94.7 Å². The van der Waals surface area contributed by atoms with Crippen molar-refractivity contribution >= 4 is 17.7 Å². The molecule has 1 N–H and O–H groups in total. The molecule has 1 aromatic carbocycles. The summed E-state index contributed by atoms with van der Waals surface area (Å²) in [6.45, 7) is 4.78. The van der Waals surface area contributed by atoms with Crippen molar-refractivity contribution in [2.24, 2.45) is 0 Å². The SMILES string of the molecule is CCOC(=O)c1c(C)[nH]c(C(=O)OCC(=O)c2ccccc2OC)c1C. The van der Waals surface area contributed by atoms with Crippen LogP contribution in [-0.2, 0) is 9.47 Å². The number of para-hydroxylation sites is 1. The van der Waals surface area contributed by atoms with E-state index in [4.69, 9.17) is 14.2 Å². The second-order valence-electron chi connectivity index (χ2n) is 5.55. The molecule has 0 radical (unpaired) electrons. The Labute approximate surface area is 151 Å². The molecule has 138 valence electrons. The number of aromatic nitrogens is 1. The first kappa shape index (κ1) is 19.2. The molecule has 0 unspecified atom stereocenters. The fraction of sp³-hybridized carbons (Fsp3) is 0.316. The molecule has 0 fully saturated rings. The molecule has 0 saturated heterocycles. The van der Waals surface area contributed by atoms with Crippen molar-refractivity contribution in [2.45, 2.75) is 20.8 Å². The highest BCUT2D eigenvalue weighted by Gasteiger charge is 2.24. The zero-order valence-corrected chi connectivity index (χ0v) is 15.2. The molecular formula is C19H21NO6. The van der Waals surface area contributed by atoms with E-state index in [1.165, 1.54) is 7.11 Å². The van der Waals surface area contributed by atoms with Gasteiger partial charge in [0.1, 0.15) is 11.4 Å². The Morgan fingerprint density at radius 3 is 2.38 bits per heavy atom. The van der Waals surface area contributed by atoms with Gasteiger partial charge in [-0.3, -0.25) is 4.79 Å².